The Kier molecular flexibility index (Phi) is 5.33. The van der Waals surface area contributed by atoms with Crippen LogP contribution in [0.4, 0.5) is 0 Å². The second kappa shape index (κ2) is 6.14. The quantitative estimate of drug-likeness (QED) is 0.809. The highest BCUT2D eigenvalue weighted by atomic mass is 32.2. The topological polar surface area (TPSA) is 66.4 Å². The number of rotatable bonds is 7. The molecular formula is C12H21NO3S2. The normalized spacial score (nSPS) is 15.8. The molecule has 0 aliphatic heterocycles. The second-order valence-electron chi connectivity index (χ2n) is 5.19. The summed E-state index contributed by atoms with van der Waals surface area (Å²) in [5.41, 5.74) is -1.01. The predicted molar refractivity (Wildman–Crippen MR) is 74.2 cm³/mol. The molecule has 1 aromatic rings. The molecular weight excluding hydrogens is 270 g/mol. The van der Waals surface area contributed by atoms with E-state index in [0.29, 0.717) is 12.3 Å². The van der Waals surface area contributed by atoms with Crippen molar-refractivity contribution < 1.29 is 13.5 Å². The summed E-state index contributed by atoms with van der Waals surface area (Å²) in [6.07, 6.45) is 1.45. The largest absolute Gasteiger partial charge is 0.389 e. The molecule has 0 aliphatic rings. The first kappa shape index (κ1) is 15.6. The summed E-state index contributed by atoms with van der Waals surface area (Å²) in [4.78, 5) is 0. The Labute approximate surface area is 113 Å². The molecule has 1 heterocycles. The van der Waals surface area contributed by atoms with E-state index in [2.05, 4.69) is 18.6 Å². The smallest absolute Gasteiger partial charge is 0.250 e. The molecule has 4 nitrogen and oxygen atoms in total. The number of hydrogen-bond acceptors (Lipinski definition) is 4. The van der Waals surface area contributed by atoms with Gasteiger partial charge in [-0.3, -0.25) is 0 Å². The van der Waals surface area contributed by atoms with Crippen molar-refractivity contribution in [1.82, 2.24) is 4.72 Å². The fourth-order valence-corrected chi connectivity index (χ4v) is 3.63. The Balaban J connectivity index is 2.54. The first-order valence-electron chi connectivity index (χ1n) is 5.98. The van der Waals surface area contributed by atoms with Crippen molar-refractivity contribution in [3.8, 4) is 0 Å². The van der Waals surface area contributed by atoms with Crippen LogP contribution in [0.5, 0.6) is 0 Å². The van der Waals surface area contributed by atoms with Crippen LogP contribution < -0.4 is 4.72 Å². The summed E-state index contributed by atoms with van der Waals surface area (Å²) < 4.78 is 26.5. The van der Waals surface area contributed by atoms with Gasteiger partial charge in [0, 0.05) is 6.54 Å². The molecule has 0 aliphatic carbocycles. The predicted octanol–water partition coefficient (Wildman–Crippen LogP) is 2.21. The van der Waals surface area contributed by atoms with Gasteiger partial charge in [0.15, 0.2) is 0 Å². The van der Waals surface area contributed by atoms with Gasteiger partial charge in [0.05, 0.1) is 5.60 Å². The lowest BCUT2D eigenvalue weighted by molar-refractivity contribution is 0.0506. The molecule has 0 saturated carbocycles. The minimum atomic E-state index is -3.48. The summed E-state index contributed by atoms with van der Waals surface area (Å²) >= 11 is 1.17. The van der Waals surface area contributed by atoms with Gasteiger partial charge in [0.2, 0.25) is 10.0 Å². The average Bonchev–Trinajstić information content (AvgIpc) is 2.78. The molecule has 0 spiro atoms. The Bertz CT molecular complexity index is 450. The Hall–Kier alpha value is -0.430. The minimum absolute atomic E-state index is 0.0416. The van der Waals surface area contributed by atoms with Crippen LogP contribution in [0, 0.1) is 5.92 Å². The van der Waals surface area contributed by atoms with Crippen LogP contribution in [0.15, 0.2) is 21.7 Å². The zero-order chi connectivity index (χ0) is 13.8. The molecule has 104 valence electrons. The highest BCUT2D eigenvalue weighted by Gasteiger charge is 2.24. The van der Waals surface area contributed by atoms with Gasteiger partial charge in [0.1, 0.15) is 4.21 Å². The summed E-state index contributed by atoms with van der Waals surface area (Å²) in [5, 5.41) is 11.8. The third-order valence-electron chi connectivity index (χ3n) is 2.66. The van der Waals surface area contributed by atoms with Crippen molar-refractivity contribution in [2.45, 2.75) is 43.4 Å². The molecule has 1 aromatic heterocycles. The SMILES string of the molecule is CC(C)CCC(C)(O)CNS(=O)(=O)c1cccs1. The van der Waals surface area contributed by atoms with Crippen LogP contribution in [0.25, 0.3) is 0 Å². The van der Waals surface area contributed by atoms with Crippen LogP contribution in [-0.2, 0) is 10.0 Å². The van der Waals surface area contributed by atoms with E-state index in [4.69, 9.17) is 0 Å². The number of aliphatic hydroxyl groups is 1. The lowest BCUT2D eigenvalue weighted by Gasteiger charge is -2.24. The first-order valence-corrected chi connectivity index (χ1v) is 8.35. The molecule has 0 amide bonds. The van der Waals surface area contributed by atoms with E-state index in [-0.39, 0.29) is 10.8 Å². The molecule has 0 bridgehead atoms. The molecule has 0 aromatic carbocycles. The monoisotopic (exact) mass is 291 g/mol. The van der Waals surface area contributed by atoms with E-state index < -0.39 is 15.6 Å². The van der Waals surface area contributed by atoms with Gasteiger partial charge in [-0.25, -0.2) is 13.1 Å². The van der Waals surface area contributed by atoms with Crippen molar-refractivity contribution in [2.24, 2.45) is 5.92 Å². The second-order valence-corrected chi connectivity index (χ2v) is 8.13. The van der Waals surface area contributed by atoms with E-state index in [1.165, 1.54) is 11.3 Å². The molecule has 1 atom stereocenters. The Morgan fingerprint density at radius 1 is 1.50 bits per heavy atom. The third-order valence-corrected chi connectivity index (χ3v) is 5.46. The lowest BCUT2D eigenvalue weighted by atomic mass is 9.96. The van der Waals surface area contributed by atoms with Gasteiger partial charge >= 0.3 is 0 Å². The number of nitrogens with one attached hydrogen (secondary N) is 1. The van der Waals surface area contributed by atoms with Crippen LogP contribution in [0.1, 0.15) is 33.6 Å². The van der Waals surface area contributed by atoms with E-state index in [9.17, 15) is 13.5 Å². The van der Waals surface area contributed by atoms with Crippen LogP contribution in [0.3, 0.4) is 0 Å². The highest BCUT2D eigenvalue weighted by Crippen LogP contribution is 2.18. The standard InChI is InChI=1S/C12H21NO3S2/c1-10(2)6-7-12(3,14)9-13-18(15,16)11-5-4-8-17-11/h4-5,8,10,13-14H,6-7,9H2,1-3H3. The fourth-order valence-electron chi connectivity index (χ4n) is 1.43. The average molecular weight is 291 g/mol. The van der Waals surface area contributed by atoms with Gasteiger partial charge < -0.3 is 5.11 Å². The van der Waals surface area contributed by atoms with Crippen molar-refractivity contribution >= 4 is 21.4 Å². The lowest BCUT2D eigenvalue weighted by Crippen LogP contribution is -2.40. The van der Waals surface area contributed by atoms with Gasteiger partial charge in [-0.15, -0.1) is 11.3 Å². The molecule has 0 radical (unpaired) electrons. The summed E-state index contributed by atoms with van der Waals surface area (Å²) in [6.45, 7) is 5.85. The van der Waals surface area contributed by atoms with E-state index in [1.807, 2.05) is 0 Å². The maximum absolute atomic E-state index is 11.9. The van der Waals surface area contributed by atoms with Gasteiger partial charge in [-0.1, -0.05) is 19.9 Å². The molecule has 1 unspecified atom stereocenters. The van der Waals surface area contributed by atoms with Crippen LogP contribution >= 0.6 is 11.3 Å². The Morgan fingerprint density at radius 2 is 2.17 bits per heavy atom. The zero-order valence-electron chi connectivity index (χ0n) is 11.0. The van der Waals surface area contributed by atoms with Crippen molar-refractivity contribution in [1.29, 1.82) is 0 Å². The molecule has 0 saturated heterocycles. The van der Waals surface area contributed by atoms with E-state index in [1.54, 1.807) is 24.4 Å². The highest BCUT2D eigenvalue weighted by molar-refractivity contribution is 7.91. The maximum atomic E-state index is 11.9. The zero-order valence-corrected chi connectivity index (χ0v) is 12.6. The molecule has 1 rings (SSSR count). The summed E-state index contributed by atoms with van der Waals surface area (Å²) in [7, 11) is -3.48. The van der Waals surface area contributed by atoms with E-state index in [0.717, 1.165) is 6.42 Å². The number of sulfonamides is 1. The van der Waals surface area contributed by atoms with Crippen LogP contribution in [-0.4, -0.2) is 25.7 Å². The molecule has 0 fully saturated rings. The molecule has 6 heteroatoms. The maximum Gasteiger partial charge on any atom is 0.250 e. The number of thiophene rings is 1. The number of hydrogen-bond donors (Lipinski definition) is 2. The van der Waals surface area contributed by atoms with Gasteiger partial charge in [0.25, 0.3) is 0 Å². The Morgan fingerprint density at radius 3 is 2.67 bits per heavy atom. The third kappa shape index (κ3) is 5.06. The molecule has 2 N–H and O–H groups in total. The van der Waals surface area contributed by atoms with Gasteiger partial charge in [-0.2, -0.15) is 0 Å². The minimum Gasteiger partial charge on any atom is -0.389 e. The van der Waals surface area contributed by atoms with Crippen LogP contribution in [0.2, 0.25) is 0 Å². The first-order chi connectivity index (χ1) is 8.23. The van der Waals surface area contributed by atoms with Crippen molar-refractivity contribution in [3.05, 3.63) is 17.5 Å². The fraction of sp³-hybridized carbons (Fsp3) is 0.667. The summed E-state index contributed by atoms with van der Waals surface area (Å²) in [6, 6.07) is 3.24. The van der Waals surface area contributed by atoms with Crippen molar-refractivity contribution in [2.75, 3.05) is 6.54 Å². The summed E-state index contributed by atoms with van der Waals surface area (Å²) in [5.74, 6) is 0.491. The van der Waals surface area contributed by atoms with Gasteiger partial charge in [-0.05, 0) is 37.1 Å². The molecule has 18 heavy (non-hydrogen) atoms. The van der Waals surface area contributed by atoms with Crippen molar-refractivity contribution in [3.63, 3.8) is 0 Å². The van der Waals surface area contributed by atoms with E-state index >= 15 is 0 Å².